The summed E-state index contributed by atoms with van der Waals surface area (Å²) >= 11 is 0. The van der Waals surface area contributed by atoms with E-state index < -0.39 is 11.9 Å². The number of carbonyl (C=O) groups excluding carboxylic acids is 2. The van der Waals surface area contributed by atoms with E-state index >= 15 is 0 Å². The van der Waals surface area contributed by atoms with Crippen molar-refractivity contribution in [3.8, 4) is 0 Å². The molecule has 0 bridgehead atoms. The molecule has 0 saturated carbocycles. The zero-order chi connectivity index (χ0) is 11.0. The first kappa shape index (κ1) is 12.2. The number of amides is 2. The number of guanidine groups is 1. The maximum atomic E-state index is 10.8. The highest BCUT2D eigenvalue weighted by molar-refractivity contribution is 5.84. The van der Waals surface area contributed by atoms with Gasteiger partial charge in [0.1, 0.15) is 6.04 Å². The summed E-state index contributed by atoms with van der Waals surface area (Å²) in [5.74, 6) is -0.748. The monoisotopic (exact) mass is 201 g/mol. The fourth-order valence-electron chi connectivity index (χ4n) is 0.907. The fourth-order valence-corrected chi connectivity index (χ4v) is 0.907. The highest BCUT2D eigenvalue weighted by atomic mass is 16.1. The van der Waals surface area contributed by atoms with Gasteiger partial charge >= 0.3 is 0 Å². The van der Waals surface area contributed by atoms with Crippen molar-refractivity contribution in [3.63, 3.8) is 0 Å². The molecule has 0 aromatic heterocycles. The quantitative estimate of drug-likeness (QED) is 0.158. The second-order valence-electron chi connectivity index (χ2n) is 2.69. The lowest BCUT2D eigenvalue weighted by Gasteiger charge is -2.07. The van der Waals surface area contributed by atoms with Crippen LogP contribution in [0.1, 0.15) is 12.8 Å². The van der Waals surface area contributed by atoms with Gasteiger partial charge in [-0.2, -0.15) is 0 Å². The summed E-state index contributed by atoms with van der Waals surface area (Å²) in [7, 11) is 0. The first-order valence-electron chi connectivity index (χ1n) is 4.13. The molecule has 0 unspecified atom stereocenters. The van der Waals surface area contributed by atoms with Crippen molar-refractivity contribution < 1.29 is 9.59 Å². The third-order valence-electron chi connectivity index (χ3n) is 1.52. The minimum Gasteiger partial charge on any atom is -0.370 e. The topological polar surface area (TPSA) is 137 Å². The van der Waals surface area contributed by atoms with Crippen LogP contribution in [0.25, 0.3) is 0 Å². The lowest BCUT2D eigenvalue weighted by molar-refractivity contribution is -0.119. The normalized spacial score (nSPS) is 11.4. The number of hydrogen-bond acceptors (Lipinski definition) is 3. The van der Waals surface area contributed by atoms with E-state index in [1.165, 1.54) is 0 Å². The van der Waals surface area contributed by atoms with Crippen molar-refractivity contribution in [1.82, 2.24) is 5.32 Å². The molecule has 0 aliphatic rings. The van der Waals surface area contributed by atoms with E-state index in [1.807, 2.05) is 0 Å². The standard InChI is InChI=1S/C7H15N5O2/c8-6(14)5(12-7(9)10)2-1-3-11-4-13/h4-5H,1-3H2,(H2,8,14)(H,11,13)(H4,9,10,12)/t5-/m0/s1. The van der Waals surface area contributed by atoms with Crippen LogP contribution in [0.5, 0.6) is 0 Å². The molecule has 0 aliphatic heterocycles. The molecule has 0 rings (SSSR count). The molecule has 2 amide bonds. The summed E-state index contributed by atoms with van der Waals surface area (Å²) in [6.45, 7) is 0.466. The van der Waals surface area contributed by atoms with E-state index in [2.05, 4.69) is 10.3 Å². The van der Waals surface area contributed by atoms with Gasteiger partial charge in [0.15, 0.2) is 5.96 Å². The Bertz CT molecular complexity index is 224. The van der Waals surface area contributed by atoms with E-state index in [4.69, 9.17) is 17.2 Å². The molecule has 0 aliphatic carbocycles. The van der Waals surface area contributed by atoms with Gasteiger partial charge in [0.25, 0.3) is 0 Å². The molecule has 7 nitrogen and oxygen atoms in total. The number of carbonyl (C=O) groups is 2. The SMILES string of the molecule is NC(=O)[C@H](CCCNC=O)N=C(N)N. The molecule has 14 heavy (non-hydrogen) atoms. The van der Waals surface area contributed by atoms with Crippen molar-refractivity contribution >= 4 is 18.3 Å². The largest absolute Gasteiger partial charge is 0.370 e. The lowest BCUT2D eigenvalue weighted by Crippen LogP contribution is -2.33. The van der Waals surface area contributed by atoms with Crippen LogP contribution in [-0.2, 0) is 9.59 Å². The van der Waals surface area contributed by atoms with Gasteiger partial charge < -0.3 is 22.5 Å². The van der Waals surface area contributed by atoms with Crippen LogP contribution >= 0.6 is 0 Å². The third kappa shape index (κ3) is 5.81. The Labute approximate surface area is 81.7 Å². The molecular formula is C7H15N5O2. The van der Waals surface area contributed by atoms with Gasteiger partial charge in [0.05, 0.1) is 0 Å². The molecule has 0 heterocycles. The first-order valence-corrected chi connectivity index (χ1v) is 4.13. The maximum absolute atomic E-state index is 10.8. The van der Waals surface area contributed by atoms with Gasteiger partial charge in [-0.15, -0.1) is 0 Å². The molecule has 0 saturated heterocycles. The van der Waals surface area contributed by atoms with Crippen molar-refractivity contribution in [3.05, 3.63) is 0 Å². The molecule has 80 valence electrons. The minimum absolute atomic E-state index is 0.169. The number of hydrogen-bond donors (Lipinski definition) is 4. The van der Waals surface area contributed by atoms with Gasteiger partial charge in [-0.25, -0.2) is 4.99 Å². The summed E-state index contributed by atoms with van der Waals surface area (Å²) in [5.41, 5.74) is 15.3. The Kier molecular flexibility index (Phi) is 5.84. The average Bonchev–Trinajstić information content (AvgIpc) is 2.09. The smallest absolute Gasteiger partial charge is 0.242 e. The van der Waals surface area contributed by atoms with Crippen LogP contribution < -0.4 is 22.5 Å². The van der Waals surface area contributed by atoms with Gasteiger partial charge in [0, 0.05) is 6.54 Å². The second kappa shape index (κ2) is 6.70. The summed E-state index contributed by atoms with van der Waals surface area (Å²) < 4.78 is 0. The molecule has 0 aromatic carbocycles. The Morgan fingerprint density at radius 2 is 2.07 bits per heavy atom. The predicted molar refractivity (Wildman–Crippen MR) is 52.1 cm³/mol. The van der Waals surface area contributed by atoms with Gasteiger partial charge in [0.2, 0.25) is 12.3 Å². The summed E-state index contributed by atoms with van der Waals surface area (Å²) in [5, 5.41) is 2.45. The third-order valence-corrected chi connectivity index (χ3v) is 1.52. The minimum atomic E-state index is -0.714. The van der Waals surface area contributed by atoms with E-state index in [0.717, 1.165) is 0 Å². The highest BCUT2D eigenvalue weighted by Crippen LogP contribution is 2.00. The molecule has 1 atom stereocenters. The maximum Gasteiger partial charge on any atom is 0.242 e. The van der Waals surface area contributed by atoms with E-state index in [-0.39, 0.29) is 5.96 Å². The molecule has 7 N–H and O–H groups in total. The van der Waals surface area contributed by atoms with Gasteiger partial charge in [-0.3, -0.25) is 9.59 Å². The van der Waals surface area contributed by atoms with Crippen LogP contribution in [0.4, 0.5) is 0 Å². The molecule has 0 fully saturated rings. The number of primary amides is 1. The van der Waals surface area contributed by atoms with Crippen LogP contribution in [-0.4, -0.2) is 30.9 Å². The van der Waals surface area contributed by atoms with Crippen molar-refractivity contribution in [2.75, 3.05) is 6.54 Å². The van der Waals surface area contributed by atoms with Crippen LogP contribution in [0, 0.1) is 0 Å². The Morgan fingerprint density at radius 3 is 2.50 bits per heavy atom. The van der Waals surface area contributed by atoms with Crippen LogP contribution in [0.3, 0.4) is 0 Å². The lowest BCUT2D eigenvalue weighted by atomic mass is 10.1. The first-order chi connectivity index (χ1) is 6.57. The number of nitrogens with one attached hydrogen (secondary N) is 1. The van der Waals surface area contributed by atoms with E-state index in [1.54, 1.807) is 0 Å². The summed E-state index contributed by atoms with van der Waals surface area (Å²) in [4.78, 5) is 24.4. The van der Waals surface area contributed by atoms with Gasteiger partial charge in [-0.05, 0) is 12.8 Å². The van der Waals surface area contributed by atoms with E-state index in [9.17, 15) is 9.59 Å². The number of aliphatic imine (C=N–C) groups is 1. The molecule has 0 spiro atoms. The number of rotatable bonds is 7. The molecule has 0 radical (unpaired) electrons. The number of nitrogens with zero attached hydrogens (tertiary/aromatic N) is 1. The molecule has 0 aromatic rings. The van der Waals surface area contributed by atoms with Gasteiger partial charge in [-0.1, -0.05) is 0 Å². The Hall–Kier alpha value is -1.79. The molecular weight excluding hydrogens is 186 g/mol. The van der Waals surface area contributed by atoms with E-state index in [0.29, 0.717) is 25.8 Å². The van der Waals surface area contributed by atoms with Crippen LogP contribution in [0.2, 0.25) is 0 Å². The highest BCUT2D eigenvalue weighted by Gasteiger charge is 2.12. The zero-order valence-electron chi connectivity index (χ0n) is 7.77. The van der Waals surface area contributed by atoms with Crippen molar-refractivity contribution in [2.24, 2.45) is 22.2 Å². The van der Waals surface area contributed by atoms with Crippen LogP contribution in [0.15, 0.2) is 4.99 Å². The zero-order valence-corrected chi connectivity index (χ0v) is 7.77. The predicted octanol–water partition coefficient (Wildman–Crippen LogP) is -2.36. The Morgan fingerprint density at radius 1 is 1.43 bits per heavy atom. The fraction of sp³-hybridized carbons (Fsp3) is 0.571. The number of nitrogens with two attached hydrogens (primary N) is 3. The summed E-state index contributed by atoms with van der Waals surface area (Å²) in [6, 6.07) is -0.714. The molecule has 7 heteroatoms. The summed E-state index contributed by atoms with van der Waals surface area (Å²) in [6.07, 6.45) is 1.58. The van der Waals surface area contributed by atoms with Crippen molar-refractivity contribution in [2.45, 2.75) is 18.9 Å². The Balaban J connectivity index is 3.92. The second-order valence-corrected chi connectivity index (χ2v) is 2.69. The average molecular weight is 201 g/mol. The van der Waals surface area contributed by atoms with Crippen molar-refractivity contribution in [1.29, 1.82) is 0 Å².